The van der Waals surface area contributed by atoms with Gasteiger partial charge in [-0.1, -0.05) is 31.3 Å². The van der Waals surface area contributed by atoms with Gasteiger partial charge in [0.15, 0.2) is 5.13 Å². The lowest BCUT2D eigenvalue weighted by atomic mass is 10.1. The third-order valence-corrected chi connectivity index (χ3v) is 6.09. The zero-order valence-corrected chi connectivity index (χ0v) is 18.4. The molecule has 2 aromatic carbocycles. The highest BCUT2D eigenvalue weighted by atomic mass is 32.1. The summed E-state index contributed by atoms with van der Waals surface area (Å²) in [5.74, 6) is 0.132. The molecule has 0 fully saturated rings. The summed E-state index contributed by atoms with van der Waals surface area (Å²) >= 11 is 1.32. The summed E-state index contributed by atoms with van der Waals surface area (Å²) in [6, 6.07) is 9.93. The predicted molar refractivity (Wildman–Crippen MR) is 117 cm³/mol. The molecule has 0 N–H and O–H groups in total. The standard InChI is InChI=1S/C22H24F3N3O2S/c1-4-27(5-2)11-12-28(20(29)15-7-6-8-16(13-15)22(23,24)25)21-26-18-14-17(30-3)9-10-19(18)31-21/h6-10,13-14H,4-5,11-12H2,1-3H3. The number of amides is 1. The Morgan fingerprint density at radius 1 is 1.10 bits per heavy atom. The van der Waals surface area contributed by atoms with Crippen molar-refractivity contribution in [2.24, 2.45) is 0 Å². The van der Waals surface area contributed by atoms with Gasteiger partial charge in [-0.05, 0) is 43.4 Å². The second-order valence-corrected chi connectivity index (χ2v) is 7.90. The predicted octanol–water partition coefficient (Wildman–Crippen LogP) is 5.31. The molecule has 0 saturated heterocycles. The van der Waals surface area contributed by atoms with E-state index in [1.54, 1.807) is 19.2 Å². The molecule has 3 aromatic rings. The molecule has 0 atom stereocenters. The maximum absolute atomic E-state index is 13.3. The third kappa shape index (κ3) is 5.34. The zero-order valence-electron chi connectivity index (χ0n) is 17.6. The van der Waals surface area contributed by atoms with Crippen LogP contribution in [0.3, 0.4) is 0 Å². The van der Waals surface area contributed by atoms with Crippen LogP contribution in [0.1, 0.15) is 29.8 Å². The Kier molecular flexibility index (Phi) is 7.17. The topological polar surface area (TPSA) is 45.7 Å². The minimum Gasteiger partial charge on any atom is -0.497 e. The Morgan fingerprint density at radius 2 is 1.84 bits per heavy atom. The Balaban J connectivity index is 1.99. The molecular formula is C22H24F3N3O2S. The van der Waals surface area contributed by atoms with Crippen molar-refractivity contribution in [1.29, 1.82) is 0 Å². The fraction of sp³-hybridized carbons (Fsp3) is 0.364. The Hall–Kier alpha value is -2.65. The van der Waals surface area contributed by atoms with E-state index in [4.69, 9.17) is 4.74 Å². The molecule has 3 rings (SSSR count). The fourth-order valence-corrected chi connectivity index (χ4v) is 4.16. The Morgan fingerprint density at radius 3 is 2.48 bits per heavy atom. The number of nitrogens with zero attached hydrogens (tertiary/aromatic N) is 3. The molecular weight excluding hydrogens is 427 g/mol. The number of benzene rings is 2. The minimum atomic E-state index is -4.52. The van der Waals surface area contributed by atoms with Crippen LogP contribution in [-0.4, -0.2) is 49.1 Å². The molecule has 9 heteroatoms. The SMILES string of the molecule is CCN(CC)CCN(C(=O)c1cccc(C(F)(F)F)c1)c1nc2cc(OC)ccc2s1. The van der Waals surface area contributed by atoms with Crippen LogP contribution in [-0.2, 0) is 6.18 Å². The van der Waals surface area contributed by atoms with Crippen LogP contribution in [0.4, 0.5) is 18.3 Å². The van der Waals surface area contributed by atoms with Gasteiger partial charge in [0.1, 0.15) is 5.75 Å². The van der Waals surface area contributed by atoms with Crippen molar-refractivity contribution in [3.63, 3.8) is 0 Å². The second kappa shape index (κ2) is 9.65. The van der Waals surface area contributed by atoms with Crippen molar-refractivity contribution >= 4 is 32.6 Å². The second-order valence-electron chi connectivity index (χ2n) is 6.89. The number of carbonyl (C=O) groups excluding carboxylic acids is 1. The number of aromatic nitrogens is 1. The molecule has 31 heavy (non-hydrogen) atoms. The largest absolute Gasteiger partial charge is 0.497 e. The van der Waals surface area contributed by atoms with Crippen LogP contribution in [0.15, 0.2) is 42.5 Å². The number of hydrogen-bond donors (Lipinski definition) is 0. The summed E-state index contributed by atoms with van der Waals surface area (Å²) in [4.78, 5) is 21.5. The van der Waals surface area contributed by atoms with Crippen molar-refractivity contribution in [2.75, 3.05) is 38.2 Å². The van der Waals surface area contributed by atoms with Gasteiger partial charge in [0.2, 0.25) is 0 Å². The van der Waals surface area contributed by atoms with E-state index in [9.17, 15) is 18.0 Å². The molecule has 0 unspecified atom stereocenters. The molecule has 1 aromatic heterocycles. The molecule has 0 spiro atoms. The Bertz CT molecular complexity index is 1050. The summed E-state index contributed by atoms with van der Waals surface area (Å²) in [7, 11) is 1.56. The number of hydrogen-bond acceptors (Lipinski definition) is 5. The summed E-state index contributed by atoms with van der Waals surface area (Å²) in [6.07, 6.45) is -4.52. The number of thiazole rings is 1. The van der Waals surface area contributed by atoms with Crippen LogP contribution in [0.25, 0.3) is 10.2 Å². The minimum absolute atomic E-state index is 0.0220. The van der Waals surface area contributed by atoms with Crippen LogP contribution in [0.5, 0.6) is 5.75 Å². The maximum atomic E-state index is 13.3. The van der Waals surface area contributed by atoms with Gasteiger partial charge in [0.25, 0.3) is 5.91 Å². The number of anilines is 1. The van der Waals surface area contributed by atoms with Gasteiger partial charge in [-0.15, -0.1) is 0 Å². The van der Waals surface area contributed by atoms with E-state index in [0.29, 0.717) is 29.5 Å². The third-order valence-electron chi connectivity index (χ3n) is 5.03. The molecule has 1 amide bonds. The average Bonchev–Trinajstić information content (AvgIpc) is 3.18. The van der Waals surface area contributed by atoms with Gasteiger partial charge in [0.05, 0.1) is 22.9 Å². The van der Waals surface area contributed by atoms with Crippen LogP contribution < -0.4 is 9.64 Å². The highest BCUT2D eigenvalue weighted by Crippen LogP contribution is 2.33. The lowest BCUT2D eigenvalue weighted by Gasteiger charge is -2.25. The lowest BCUT2D eigenvalue weighted by molar-refractivity contribution is -0.137. The first-order valence-corrected chi connectivity index (χ1v) is 10.7. The van der Waals surface area contributed by atoms with E-state index >= 15 is 0 Å². The summed E-state index contributed by atoms with van der Waals surface area (Å²) in [6.45, 7) is 6.54. The first-order valence-electron chi connectivity index (χ1n) is 9.92. The fourth-order valence-electron chi connectivity index (χ4n) is 3.19. The number of alkyl halides is 3. The van der Waals surface area contributed by atoms with Crippen molar-refractivity contribution < 1.29 is 22.7 Å². The first kappa shape index (κ1) is 23.0. The molecule has 0 bridgehead atoms. The monoisotopic (exact) mass is 451 g/mol. The zero-order chi connectivity index (χ0) is 22.6. The number of methoxy groups -OCH3 is 1. The molecule has 166 valence electrons. The normalized spacial score (nSPS) is 11.8. The number of carbonyl (C=O) groups is 1. The van der Waals surface area contributed by atoms with E-state index in [1.165, 1.54) is 28.4 Å². The van der Waals surface area contributed by atoms with Crippen LogP contribution >= 0.6 is 11.3 Å². The van der Waals surface area contributed by atoms with Crippen LogP contribution in [0, 0.1) is 0 Å². The van der Waals surface area contributed by atoms with Crippen molar-refractivity contribution in [3.8, 4) is 5.75 Å². The number of halogens is 3. The molecule has 1 heterocycles. The number of fused-ring (bicyclic) bond motifs is 1. The van der Waals surface area contributed by atoms with Crippen molar-refractivity contribution in [3.05, 3.63) is 53.6 Å². The van der Waals surface area contributed by atoms with Gasteiger partial charge in [-0.25, -0.2) is 4.98 Å². The molecule has 0 radical (unpaired) electrons. The summed E-state index contributed by atoms with van der Waals surface area (Å²) < 4.78 is 45.6. The van der Waals surface area contributed by atoms with Gasteiger partial charge >= 0.3 is 6.18 Å². The van der Waals surface area contributed by atoms with E-state index in [2.05, 4.69) is 9.88 Å². The highest BCUT2D eigenvalue weighted by Gasteiger charge is 2.32. The van der Waals surface area contributed by atoms with Gasteiger partial charge < -0.3 is 9.64 Å². The van der Waals surface area contributed by atoms with Gasteiger partial charge in [0, 0.05) is 24.7 Å². The quantitative estimate of drug-likeness (QED) is 0.466. The van der Waals surface area contributed by atoms with E-state index < -0.39 is 17.6 Å². The summed E-state index contributed by atoms with van der Waals surface area (Å²) in [5, 5.41) is 0.442. The number of rotatable bonds is 8. The summed E-state index contributed by atoms with van der Waals surface area (Å²) in [5.41, 5.74) is -0.202. The molecule has 0 aliphatic rings. The average molecular weight is 452 g/mol. The number of ether oxygens (including phenoxy) is 1. The van der Waals surface area contributed by atoms with Gasteiger partial charge in [-0.2, -0.15) is 13.2 Å². The Labute approximate surface area is 183 Å². The lowest BCUT2D eigenvalue weighted by Crippen LogP contribution is -2.39. The maximum Gasteiger partial charge on any atom is 0.416 e. The molecule has 0 saturated carbocycles. The molecule has 0 aliphatic heterocycles. The van der Waals surface area contributed by atoms with Crippen molar-refractivity contribution in [1.82, 2.24) is 9.88 Å². The molecule has 5 nitrogen and oxygen atoms in total. The highest BCUT2D eigenvalue weighted by molar-refractivity contribution is 7.22. The molecule has 0 aliphatic carbocycles. The van der Waals surface area contributed by atoms with E-state index in [-0.39, 0.29) is 5.56 Å². The van der Waals surface area contributed by atoms with Crippen molar-refractivity contribution in [2.45, 2.75) is 20.0 Å². The smallest absolute Gasteiger partial charge is 0.416 e. The van der Waals surface area contributed by atoms with E-state index in [0.717, 1.165) is 29.9 Å². The first-order chi connectivity index (χ1) is 14.8. The number of likely N-dealkylation sites (N-methyl/N-ethyl adjacent to an activating group) is 1. The van der Waals surface area contributed by atoms with Crippen LogP contribution in [0.2, 0.25) is 0 Å². The van der Waals surface area contributed by atoms with E-state index in [1.807, 2.05) is 19.9 Å². The van der Waals surface area contributed by atoms with Gasteiger partial charge in [-0.3, -0.25) is 9.69 Å².